The number of phenolic OH excluding ortho intramolecular Hbond substituents is 5. The molecule has 0 aliphatic carbocycles. The molecule has 246 valence electrons. The summed E-state index contributed by atoms with van der Waals surface area (Å²) in [7, 11) is 0. The smallest absolute Gasteiger partial charge is 0.341 e. The number of aliphatic hydroxyl groups excluding tert-OH is 3. The molecule has 2 aromatic rings. The van der Waals surface area contributed by atoms with E-state index in [0.29, 0.717) is 18.2 Å². The van der Waals surface area contributed by atoms with Crippen molar-refractivity contribution in [3.8, 4) is 34.5 Å². The van der Waals surface area contributed by atoms with Gasteiger partial charge in [0, 0.05) is 11.5 Å². The molecule has 3 aliphatic heterocycles. The fourth-order valence-electron chi connectivity index (χ4n) is 5.40. The molecule has 19 heteroatoms. The van der Waals surface area contributed by atoms with E-state index in [4.69, 9.17) is 23.7 Å². The van der Waals surface area contributed by atoms with E-state index in [0.717, 1.165) is 0 Å². The highest BCUT2D eigenvalue weighted by Gasteiger charge is 2.55. The van der Waals surface area contributed by atoms with Gasteiger partial charge >= 0.3 is 29.8 Å². The molecule has 46 heavy (non-hydrogen) atoms. The number of rotatable bonds is 5. The van der Waals surface area contributed by atoms with Crippen molar-refractivity contribution < 1.29 is 93.6 Å². The Hall–Kier alpha value is -5.37. The number of carboxylic acid groups (broad SMARTS) is 1. The van der Waals surface area contributed by atoms with Crippen LogP contribution in [0.15, 0.2) is 18.2 Å². The van der Waals surface area contributed by atoms with Crippen LogP contribution in [0.4, 0.5) is 0 Å². The summed E-state index contributed by atoms with van der Waals surface area (Å²) in [5, 5.41) is 91.4. The van der Waals surface area contributed by atoms with Crippen LogP contribution in [-0.4, -0.2) is 119 Å². The Kier molecular flexibility index (Phi) is 8.26. The lowest BCUT2D eigenvalue weighted by atomic mass is 9.76. The molecule has 1 saturated heterocycles. The second-order valence-corrected chi connectivity index (χ2v) is 10.4. The highest BCUT2D eigenvalue weighted by molar-refractivity contribution is 5.97. The molecule has 0 aromatic heterocycles. The number of ether oxygens (including phenoxy) is 5. The number of aliphatic carboxylic acids is 1. The van der Waals surface area contributed by atoms with Crippen molar-refractivity contribution in [1.29, 1.82) is 0 Å². The van der Waals surface area contributed by atoms with Crippen LogP contribution in [0.2, 0.25) is 0 Å². The largest absolute Gasteiger partial charge is 0.504 e. The van der Waals surface area contributed by atoms with Gasteiger partial charge in [0.1, 0.15) is 12.2 Å². The molecule has 9 N–H and O–H groups in total. The molecule has 19 nitrogen and oxygen atoms in total. The first-order chi connectivity index (χ1) is 21.6. The molecule has 2 bridgehead atoms. The topological polar surface area (TPSA) is 314 Å². The summed E-state index contributed by atoms with van der Waals surface area (Å²) in [5.41, 5.74) is -2.06. The van der Waals surface area contributed by atoms with Gasteiger partial charge in [0.25, 0.3) is 0 Å². The van der Waals surface area contributed by atoms with Gasteiger partial charge in [0.2, 0.25) is 12.0 Å². The number of hydrogen-bond donors (Lipinski definition) is 9. The van der Waals surface area contributed by atoms with Gasteiger partial charge < -0.3 is 69.6 Å². The second kappa shape index (κ2) is 11.9. The normalized spacial score (nSPS) is 28.9. The molecule has 2 aromatic carbocycles. The number of carbonyl (C=O) groups is 5. The van der Waals surface area contributed by atoms with Crippen LogP contribution >= 0.6 is 0 Å². The van der Waals surface area contributed by atoms with Crippen LogP contribution in [0.1, 0.15) is 38.6 Å². The summed E-state index contributed by atoms with van der Waals surface area (Å²) in [4.78, 5) is 64.4. The summed E-state index contributed by atoms with van der Waals surface area (Å²) in [6.45, 7) is -1.06. The Morgan fingerprint density at radius 3 is 2.09 bits per heavy atom. The van der Waals surface area contributed by atoms with Gasteiger partial charge in [0.05, 0.1) is 30.1 Å². The van der Waals surface area contributed by atoms with Crippen molar-refractivity contribution >= 4 is 29.8 Å². The molecular formula is C27H24O19. The fraction of sp³-hybridized carbons (Fsp3) is 0.370. The first-order valence-corrected chi connectivity index (χ1v) is 13.2. The maximum absolute atomic E-state index is 13.6. The van der Waals surface area contributed by atoms with E-state index in [-0.39, 0.29) is 0 Å². The summed E-state index contributed by atoms with van der Waals surface area (Å²) in [6.07, 6.45) is -13.7. The zero-order valence-electron chi connectivity index (χ0n) is 22.9. The molecule has 0 unspecified atom stereocenters. The van der Waals surface area contributed by atoms with E-state index in [2.05, 4.69) is 0 Å². The maximum Gasteiger partial charge on any atom is 0.341 e. The minimum Gasteiger partial charge on any atom is -0.504 e. The second-order valence-electron chi connectivity index (χ2n) is 10.4. The van der Waals surface area contributed by atoms with Crippen molar-refractivity contribution in [2.24, 2.45) is 5.92 Å². The number of fused-ring (bicyclic) bond motifs is 2. The average molecular weight is 652 g/mol. The van der Waals surface area contributed by atoms with Crippen molar-refractivity contribution in [2.45, 2.75) is 49.1 Å². The molecule has 1 fully saturated rings. The van der Waals surface area contributed by atoms with Crippen LogP contribution in [-0.2, 0) is 33.3 Å². The predicted molar refractivity (Wildman–Crippen MR) is 138 cm³/mol. The SMILES string of the molecule is O=C(O)C[C@@H]1C(=O)O[C@@H]2[C@@H](O)[C@@H](OC(=O)c3cc(O)c(O)c4c3[C@H]1[C@@H](O)C(=O)O4)[C@H](OC(=O)c1cc(O)c(O)c(O)c1)O[C@@H]2CO. The van der Waals surface area contributed by atoms with Crippen LogP contribution in [0, 0.1) is 5.92 Å². The molecular weight excluding hydrogens is 628 g/mol. The standard InChI is InChI=1S/C27H24O19/c28-5-12-20-19(37)22(27(42-12)46-23(38)6-1-9(29)16(34)10(30)2-6)45-24(39)7-3-11(31)17(35)21-15(7)14(18(36)26(41)44-21)8(4-13(32)33)25(40)43-20/h1-3,8,12,14,18-20,22,27-31,34-37H,4-5H2,(H,32,33)/t8-,12+,14-,18+,19+,20-,22+,27-/m0/s1. The van der Waals surface area contributed by atoms with Crippen molar-refractivity contribution in [2.75, 3.05) is 6.61 Å². The summed E-state index contributed by atoms with van der Waals surface area (Å²) in [5.74, 6) is -17.6. The first kappa shape index (κ1) is 32.0. The minimum atomic E-state index is -2.35. The Morgan fingerprint density at radius 2 is 1.48 bits per heavy atom. The third kappa shape index (κ3) is 5.40. The number of esters is 4. The fourth-order valence-corrected chi connectivity index (χ4v) is 5.40. The monoisotopic (exact) mass is 652 g/mol. The maximum atomic E-state index is 13.6. The number of benzene rings is 2. The number of aromatic hydroxyl groups is 5. The molecule has 0 amide bonds. The lowest BCUT2D eigenvalue weighted by molar-refractivity contribution is -0.288. The molecule has 3 heterocycles. The number of carboxylic acids is 1. The van der Waals surface area contributed by atoms with E-state index < -0.39 is 143 Å². The Bertz CT molecular complexity index is 1610. The summed E-state index contributed by atoms with van der Waals surface area (Å²) >= 11 is 0. The molecule has 3 aliphatic rings. The van der Waals surface area contributed by atoms with Gasteiger partial charge in [-0.15, -0.1) is 0 Å². The van der Waals surface area contributed by atoms with Crippen molar-refractivity contribution in [3.05, 3.63) is 34.9 Å². The van der Waals surface area contributed by atoms with Gasteiger partial charge in [-0.2, -0.15) is 0 Å². The molecule has 5 rings (SSSR count). The van der Waals surface area contributed by atoms with E-state index in [9.17, 15) is 69.9 Å². The Labute approximate surface area is 254 Å². The summed E-state index contributed by atoms with van der Waals surface area (Å²) < 4.78 is 26.2. The highest BCUT2D eigenvalue weighted by atomic mass is 16.7. The lowest BCUT2D eigenvalue weighted by Gasteiger charge is -2.42. The minimum absolute atomic E-state index is 0.573. The van der Waals surface area contributed by atoms with Gasteiger partial charge in [-0.1, -0.05) is 0 Å². The molecule has 8 atom stereocenters. The predicted octanol–water partition coefficient (Wildman–Crippen LogP) is -1.95. The van der Waals surface area contributed by atoms with Crippen LogP contribution in [0.25, 0.3) is 0 Å². The van der Waals surface area contributed by atoms with Crippen molar-refractivity contribution in [1.82, 2.24) is 0 Å². The van der Waals surface area contributed by atoms with Gasteiger partial charge in [-0.25, -0.2) is 14.4 Å². The van der Waals surface area contributed by atoms with Crippen LogP contribution in [0.5, 0.6) is 34.5 Å². The number of phenols is 5. The summed E-state index contributed by atoms with van der Waals surface area (Å²) in [6, 6.07) is 1.92. The number of hydrogen-bond acceptors (Lipinski definition) is 18. The quantitative estimate of drug-likeness (QED) is 0.0733. The third-order valence-corrected chi connectivity index (χ3v) is 7.56. The molecule has 0 spiro atoms. The van der Waals surface area contributed by atoms with Gasteiger partial charge in [0.15, 0.2) is 47.1 Å². The van der Waals surface area contributed by atoms with E-state index >= 15 is 0 Å². The average Bonchev–Trinajstić information content (AvgIpc) is 3.00. The van der Waals surface area contributed by atoms with Crippen molar-refractivity contribution in [3.63, 3.8) is 0 Å². The van der Waals surface area contributed by atoms with Gasteiger partial charge in [-0.3, -0.25) is 9.59 Å². The molecule has 0 radical (unpaired) electrons. The van der Waals surface area contributed by atoms with Crippen LogP contribution < -0.4 is 4.74 Å². The Balaban J connectivity index is 1.64. The van der Waals surface area contributed by atoms with Gasteiger partial charge in [-0.05, 0) is 18.2 Å². The van der Waals surface area contributed by atoms with E-state index in [1.54, 1.807) is 0 Å². The third-order valence-electron chi connectivity index (χ3n) is 7.56. The van der Waals surface area contributed by atoms with Crippen LogP contribution in [0.3, 0.4) is 0 Å². The first-order valence-electron chi connectivity index (χ1n) is 13.2. The number of carbonyl (C=O) groups excluding carboxylic acids is 4. The zero-order chi connectivity index (χ0) is 33.8. The van der Waals surface area contributed by atoms with E-state index in [1.165, 1.54) is 0 Å². The number of aliphatic hydroxyl groups is 3. The lowest BCUT2D eigenvalue weighted by Crippen LogP contribution is -2.62. The Morgan fingerprint density at radius 1 is 0.848 bits per heavy atom. The highest BCUT2D eigenvalue weighted by Crippen LogP contribution is 2.51. The molecule has 0 saturated carbocycles. The zero-order valence-corrected chi connectivity index (χ0v) is 22.9. The van der Waals surface area contributed by atoms with E-state index in [1.807, 2.05) is 0 Å².